The molecule has 16 nitrogen and oxygen atoms in total. The molecule has 10 unspecified atom stereocenters. The summed E-state index contributed by atoms with van der Waals surface area (Å²) in [6.07, 6.45) is -9.60. The van der Waals surface area contributed by atoms with Crippen molar-refractivity contribution in [2.45, 2.75) is 55.8 Å². The highest BCUT2D eigenvalue weighted by molar-refractivity contribution is 7.62. The van der Waals surface area contributed by atoms with Crippen LogP contribution < -0.4 is 0 Å². The molecule has 2 aliphatic heterocycles. The fourth-order valence-electron chi connectivity index (χ4n) is 2.86. The average Bonchev–Trinajstić information content (AvgIpc) is 3.21. The summed E-state index contributed by atoms with van der Waals surface area (Å²) >= 11 is 0. The molecule has 2 aliphatic rings. The summed E-state index contributed by atoms with van der Waals surface area (Å²) in [6.45, 7) is 0.899. The lowest BCUT2D eigenvalue weighted by molar-refractivity contribution is -0.109. The molecule has 0 aliphatic carbocycles. The summed E-state index contributed by atoms with van der Waals surface area (Å²) in [5.74, 6) is 0. The van der Waals surface area contributed by atoms with E-state index < -0.39 is 79.0 Å². The highest BCUT2D eigenvalue weighted by atomic mass is 31.3. The highest BCUT2D eigenvalue weighted by Gasteiger charge is 2.52. The lowest BCUT2D eigenvalue weighted by Gasteiger charge is -2.27. The summed E-state index contributed by atoms with van der Waals surface area (Å²) in [5, 5.41) is 29.9. The molecule has 0 aromatic rings. The van der Waals surface area contributed by atoms with Crippen LogP contribution in [0.5, 0.6) is 0 Å². The van der Waals surface area contributed by atoms with Crippen LogP contribution in [0.3, 0.4) is 0 Å². The number of ether oxygens (including phenoxy) is 2. The Morgan fingerprint density at radius 3 is 1.82 bits per heavy atom. The summed E-state index contributed by atoms with van der Waals surface area (Å²) in [7, 11) is -4.41. The molecule has 3 N–H and O–H groups in total. The molecule has 198 valence electrons. The number of rotatable bonds is 13. The lowest BCUT2D eigenvalue weighted by Crippen LogP contribution is -2.36. The van der Waals surface area contributed by atoms with Crippen molar-refractivity contribution in [3.05, 3.63) is 0 Å². The molecule has 0 saturated carbocycles. The maximum atomic E-state index is 13.0. The van der Waals surface area contributed by atoms with Gasteiger partial charge in [0.15, 0.2) is 6.29 Å². The van der Waals surface area contributed by atoms with Crippen LogP contribution in [0.15, 0.2) is 0 Å². The van der Waals surface area contributed by atoms with Gasteiger partial charge in [0.05, 0.1) is 12.7 Å². The van der Waals surface area contributed by atoms with E-state index in [4.69, 9.17) is 39.7 Å². The second-order valence-electron chi connectivity index (χ2n) is 6.95. The van der Waals surface area contributed by atoms with E-state index in [1.807, 2.05) is 0 Å². The van der Waals surface area contributed by atoms with E-state index in [0.29, 0.717) is 0 Å². The van der Waals surface area contributed by atoms with E-state index in [-0.39, 0.29) is 0 Å². The van der Waals surface area contributed by atoms with Crippen molar-refractivity contribution in [1.82, 2.24) is 0 Å². The van der Waals surface area contributed by atoms with E-state index >= 15 is 0 Å². The van der Waals surface area contributed by atoms with Gasteiger partial charge in [0.1, 0.15) is 38.4 Å². The van der Waals surface area contributed by atoms with Gasteiger partial charge in [-0.2, -0.15) is 4.31 Å². The standard InChI is InChI=1S/C14H28BO16P3/c1-7-9(16)10(17)8(27-7)6-26-33(20,24-4)31-34(21,25-5)30-14-12(11(18)13(15)28-14)29-32(19,22-2)23-3/h7-14,16-18H,6H2,1-5H3. The average molecular weight is 556 g/mol. The van der Waals surface area contributed by atoms with Gasteiger partial charge in [0.2, 0.25) is 0 Å². The van der Waals surface area contributed by atoms with Crippen molar-refractivity contribution in [3.63, 3.8) is 0 Å². The zero-order chi connectivity index (χ0) is 25.9. The monoisotopic (exact) mass is 556 g/mol. The van der Waals surface area contributed by atoms with Gasteiger partial charge in [-0.25, -0.2) is 13.7 Å². The molecular weight excluding hydrogens is 528 g/mol. The largest absolute Gasteiger partial charge is 0.485 e. The van der Waals surface area contributed by atoms with Gasteiger partial charge in [0, 0.05) is 34.4 Å². The molecule has 2 fully saturated rings. The Hall–Kier alpha value is 0.235. The van der Waals surface area contributed by atoms with Crippen molar-refractivity contribution in [1.29, 1.82) is 0 Å². The Bertz CT molecular complexity index is 808. The van der Waals surface area contributed by atoms with Crippen molar-refractivity contribution < 1.29 is 74.5 Å². The molecule has 0 aromatic carbocycles. The van der Waals surface area contributed by atoms with E-state index in [9.17, 15) is 29.0 Å². The number of phosphoric ester groups is 3. The Morgan fingerprint density at radius 1 is 0.794 bits per heavy atom. The molecule has 0 amide bonds. The van der Waals surface area contributed by atoms with Gasteiger partial charge in [-0.05, 0) is 6.92 Å². The van der Waals surface area contributed by atoms with Gasteiger partial charge >= 0.3 is 23.5 Å². The normalized spacial score (nSPS) is 38.0. The molecule has 34 heavy (non-hydrogen) atoms. The van der Waals surface area contributed by atoms with Gasteiger partial charge < -0.3 is 24.8 Å². The third-order valence-electron chi connectivity index (χ3n) is 4.81. The number of aliphatic hydroxyl groups excluding tert-OH is 3. The molecule has 20 heteroatoms. The minimum Gasteiger partial charge on any atom is -0.388 e. The second kappa shape index (κ2) is 12.2. The summed E-state index contributed by atoms with van der Waals surface area (Å²) < 4.78 is 87.3. The number of aliphatic hydroxyl groups is 3. The number of hydrogen-bond donors (Lipinski definition) is 3. The van der Waals surface area contributed by atoms with Crippen LogP contribution in [-0.4, -0.2) is 107 Å². The van der Waals surface area contributed by atoms with E-state index in [0.717, 1.165) is 28.4 Å². The minimum absolute atomic E-state index is 0.600. The third kappa shape index (κ3) is 7.17. The Balaban J connectivity index is 2.13. The predicted octanol–water partition coefficient (Wildman–Crippen LogP) is 0.0522. The summed E-state index contributed by atoms with van der Waals surface area (Å²) in [4.78, 5) is 0. The minimum atomic E-state index is -4.87. The first-order valence-corrected chi connectivity index (χ1v) is 14.0. The van der Waals surface area contributed by atoms with Gasteiger partial charge in [-0.15, -0.1) is 0 Å². The Kier molecular flexibility index (Phi) is 10.9. The molecular formula is C14H28BO16P3. The molecule has 0 bridgehead atoms. The van der Waals surface area contributed by atoms with Crippen LogP contribution in [0, 0.1) is 0 Å². The maximum Gasteiger partial charge on any atom is 0.485 e. The van der Waals surface area contributed by atoms with Gasteiger partial charge in [-0.1, -0.05) is 0 Å². The molecule has 10 atom stereocenters. The lowest BCUT2D eigenvalue weighted by atomic mass is 9.94. The van der Waals surface area contributed by atoms with Crippen molar-refractivity contribution in [3.8, 4) is 0 Å². The van der Waals surface area contributed by atoms with Crippen LogP contribution in [0.25, 0.3) is 0 Å². The molecule has 0 spiro atoms. The van der Waals surface area contributed by atoms with Crippen molar-refractivity contribution in [2.24, 2.45) is 0 Å². The first-order valence-electron chi connectivity index (χ1n) is 9.62. The maximum absolute atomic E-state index is 13.0. The molecule has 2 radical (unpaired) electrons. The zero-order valence-corrected chi connectivity index (χ0v) is 21.6. The van der Waals surface area contributed by atoms with Crippen molar-refractivity contribution >= 4 is 31.3 Å². The van der Waals surface area contributed by atoms with Crippen molar-refractivity contribution in [2.75, 3.05) is 35.0 Å². The van der Waals surface area contributed by atoms with E-state index in [1.165, 1.54) is 6.92 Å². The molecule has 2 saturated heterocycles. The number of phosphoric acid groups is 3. The smallest absolute Gasteiger partial charge is 0.388 e. The Labute approximate surface area is 197 Å². The SMILES string of the molecule is [B]C1OC(OP(=O)(OC)OP(=O)(OC)OCC2OC(C)C(O)C2O)C(OP(=O)(OC)OC)C1O. The number of hydrogen-bond acceptors (Lipinski definition) is 16. The van der Waals surface area contributed by atoms with Crippen LogP contribution >= 0.6 is 23.5 Å². The van der Waals surface area contributed by atoms with Gasteiger partial charge in [0.25, 0.3) is 0 Å². The highest BCUT2D eigenvalue weighted by Crippen LogP contribution is 2.66. The predicted molar refractivity (Wildman–Crippen MR) is 111 cm³/mol. The van der Waals surface area contributed by atoms with Crippen LogP contribution in [0.1, 0.15) is 6.92 Å². The van der Waals surface area contributed by atoms with Crippen LogP contribution in [-0.2, 0) is 59.1 Å². The van der Waals surface area contributed by atoms with Crippen LogP contribution in [0.2, 0.25) is 0 Å². The second-order valence-corrected chi connectivity index (χ2v) is 12.4. The summed E-state index contributed by atoms with van der Waals surface area (Å²) in [6, 6.07) is -1.46. The first-order chi connectivity index (χ1) is 15.8. The quantitative estimate of drug-likeness (QED) is 0.203. The fourth-order valence-corrected chi connectivity index (χ4v) is 6.50. The molecule has 0 aromatic heterocycles. The summed E-state index contributed by atoms with van der Waals surface area (Å²) in [5.41, 5.74) is 0. The molecule has 2 heterocycles. The van der Waals surface area contributed by atoms with Gasteiger partial charge in [-0.3, -0.25) is 31.7 Å². The van der Waals surface area contributed by atoms with Crippen LogP contribution in [0.4, 0.5) is 0 Å². The van der Waals surface area contributed by atoms with E-state index in [2.05, 4.69) is 13.6 Å². The topological polar surface area (TPSA) is 204 Å². The molecule has 2 rings (SSSR count). The Morgan fingerprint density at radius 2 is 1.35 bits per heavy atom. The van der Waals surface area contributed by atoms with E-state index in [1.54, 1.807) is 0 Å². The first kappa shape index (κ1) is 30.5. The zero-order valence-electron chi connectivity index (χ0n) is 18.9. The fraction of sp³-hybridized carbons (Fsp3) is 1.00. The third-order valence-corrected chi connectivity index (χ3v) is 9.63.